The topological polar surface area (TPSA) is 80.3 Å². The van der Waals surface area contributed by atoms with Crippen LogP contribution in [-0.2, 0) is 25.2 Å². The molecule has 2 aliphatic rings. The van der Waals surface area contributed by atoms with Gasteiger partial charge in [-0.05, 0) is 51.4 Å². The first-order valence-corrected chi connectivity index (χ1v) is 15.6. The molecule has 3 rings (SSSR count). The van der Waals surface area contributed by atoms with E-state index in [0.29, 0.717) is 13.2 Å². The zero-order valence-corrected chi connectivity index (χ0v) is 24.2. The van der Waals surface area contributed by atoms with Crippen LogP contribution in [0.3, 0.4) is 0 Å². The van der Waals surface area contributed by atoms with Gasteiger partial charge in [0.2, 0.25) is 5.91 Å². The maximum absolute atomic E-state index is 13.2. The fraction of sp³-hybridized carbons (Fsp3) is 0.741. The molecule has 35 heavy (non-hydrogen) atoms. The highest BCUT2D eigenvalue weighted by Crippen LogP contribution is 2.44. The minimum Gasteiger partial charge on any atom is -0.415 e. The number of piperidine rings is 1. The molecule has 0 aromatic heterocycles. The van der Waals surface area contributed by atoms with Gasteiger partial charge in [0.15, 0.2) is 8.32 Å². The number of aliphatic hydroxyl groups excluding tert-OH is 1. The molecule has 2 saturated heterocycles. The van der Waals surface area contributed by atoms with Crippen molar-refractivity contribution in [2.24, 2.45) is 0 Å². The molecule has 2 heterocycles. The van der Waals surface area contributed by atoms with E-state index in [1.165, 1.54) is 0 Å². The van der Waals surface area contributed by atoms with Gasteiger partial charge in [-0.2, -0.15) is 0 Å². The van der Waals surface area contributed by atoms with Crippen molar-refractivity contribution in [1.29, 1.82) is 0 Å². The summed E-state index contributed by atoms with van der Waals surface area (Å²) in [6.07, 6.45) is -2.16. The maximum atomic E-state index is 13.2. The Morgan fingerprint density at radius 1 is 1.09 bits per heavy atom. The molecule has 198 valence electrons. The smallest absolute Gasteiger partial charge is 0.239 e. The van der Waals surface area contributed by atoms with Crippen LogP contribution in [0.2, 0.25) is 18.1 Å². The van der Waals surface area contributed by atoms with E-state index >= 15 is 0 Å². The molecule has 2 aliphatic heterocycles. The number of fused-ring (bicyclic) bond motifs is 1. The quantitative estimate of drug-likeness (QED) is 0.573. The van der Waals surface area contributed by atoms with Gasteiger partial charge in [0, 0.05) is 13.6 Å². The van der Waals surface area contributed by atoms with E-state index in [2.05, 4.69) is 44.1 Å². The molecule has 1 aromatic rings. The normalized spacial score (nSPS) is 31.0. The van der Waals surface area contributed by atoms with Crippen molar-refractivity contribution in [3.8, 4) is 0 Å². The number of ether oxygens (including phenoxy) is 2. The van der Waals surface area contributed by atoms with Crippen LogP contribution in [0, 0.1) is 0 Å². The number of amides is 1. The molecule has 0 unspecified atom stereocenters. The molecule has 2 fully saturated rings. The first kappa shape index (κ1) is 28.3. The minimum absolute atomic E-state index is 0.0379. The fourth-order valence-electron chi connectivity index (χ4n) is 4.59. The Bertz CT molecular complexity index is 883. The van der Waals surface area contributed by atoms with Gasteiger partial charge < -0.3 is 24.3 Å². The number of nitrogens with one attached hydrogen (secondary N) is 1. The highest BCUT2D eigenvalue weighted by Gasteiger charge is 2.60. The van der Waals surface area contributed by atoms with Crippen molar-refractivity contribution < 1.29 is 23.8 Å². The third-order valence-corrected chi connectivity index (χ3v) is 13.1. The lowest BCUT2D eigenvalue weighted by Gasteiger charge is -2.60. The number of hydrogen-bond acceptors (Lipinski definition) is 6. The predicted octanol–water partition coefficient (Wildman–Crippen LogP) is 3.71. The van der Waals surface area contributed by atoms with Crippen LogP contribution in [0.5, 0.6) is 0 Å². The lowest BCUT2D eigenvalue weighted by Crippen LogP contribution is -2.76. The lowest BCUT2D eigenvalue weighted by atomic mass is 9.80. The Morgan fingerprint density at radius 3 is 2.14 bits per heavy atom. The van der Waals surface area contributed by atoms with E-state index in [0.717, 1.165) is 5.56 Å². The highest BCUT2D eigenvalue weighted by atomic mass is 28.4. The summed E-state index contributed by atoms with van der Waals surface area (Å²) in [5.74, 6) is -0.240. The first-order chi connectivity index (χ1) is 16.0. The Hall–Kier alpha value is -1.29. The molecular formula is C27H46N2O5Si. The van der Waals surface area contributed by atoms with Crippen molar-refractivity contribution in [2.45, 2.75) is 115 Å². The lowest BCUT2D eigenvalue weighted by molar-refractivity contribution is -0.339. The minimum atomic E-state index is -2.09. The number of likely N-dealkylation sites (N-methyl/N-ethyl adjacent to an activating group) is 1. The van der Waals surface area contributed by atoms with Crippen molar-refractivity contribution >= 4 is 14.2 Å². The fourth-order valence-corrected chi connectivity index (χ4v) is 5.62. The zero-order chi connectivity index (χ0) is 26.4. The van der Waals surface area contributed by atoms with E-state index < -0.39 is 43.9 Å². The molecule has 0 aliphatic carbocycles. The van der Waals surface area contributed by atoms with Crippen LogP contribution in [0.15, 0.2) is 30.3 Å². The van der Waals surface area contributed by atoms with Crippen LogP contribution < -0.4 is 5.32 Å². The molecular weight excluding hydrogens is 460 g/mol. The average molecular weight is 507 g/mol. The van der Waals surface area contributed by atoms with E-state index in [9.17, 15) is 9.90 Å². The second-order valence-electron chi connectivity index (χ2n) is 12.5. The molecule has 2 N–H and O–H groups in total. The number of nitrogens with zero attached hydrogens (tertiary/aromatic N) is 1. The van der Waals surface area contributed by atoms with Crippen molar-refractivity contribution in [3.63, 3.8) is 0 Å². The van der Waals surface area contributed by atoms with Gasteiger partial charge in [-0.1, -0.05) is 51.1 Å². The SMILES string of the molecule is CNC(=O)[C@@H]1[C@H](O)[C@H]2OC(C)(C)C(C)(C)O[C@@H]2[C@@H](CO[Si](C)(C)C(C)(C)C)N1Cc1ccccc1. The van der Waals surface area contributed by atoms with E-state index in [4.69, 9.17) is 13.9 Å². The number of carbonyl (C=O) groups excluding carboxylic acids is 1. The molecule has 0 radical (unpaired) electrons. The van der Waals surface area contributed by atoms with Crippen LogP contribution in [0.4, 0.5) is 0 Å². The van der Waals surface area contributed by atoms with Gasteiger partial charge in [-0.25, -0.2) is 0 Å². The average Bonchev–Trinajstić information content (AvgIpc) is 2.74. The summed E-state index contributed by atoms with van der Waals surface area (Å²) in [4.78, 5) is 15.3. The molecule has 1 aromatic carbocycles. The summed E-state index contributed by atoms with van der Waals surface area (Å²) in [6, 6.07) is 8.94. The molecule has 7 nitrogen and oxygen atoms in total. The summed E-state index contributed by atoms with van der Waals surface area (Å²) in [6.45, 7) is 20.0. The molecule has 8 heteroatoms. The number of likely N-dealkylation sites (tertiary alicyclic amines) is 1. The summed E-state index contributed by atoms with van der Waals surface area (Å²) in [7, 11) is -0.486. The van der Waals surface area contributed by atoms with Crippen LogP contribution in [0.25, 0.3) is 0 Å². The summed E-state index contributed by atoms with van der Waals surface area (Å²) >= 11 is 0. The van der Waals surface area contributed by atoms with E-state index in [1.54, 1.807) is 7.05 Å². The van der Waals surface area contributed by atoms with Crippen LogP contribution >= 0.6 is 0 Å². The molecule has 5 atom stereocenters. The van der Waals surface area contributed by atoms with Gasteiger partial charge in [0.25, 0.3) is 0 Å². The standard InChI is InChI=1S/C27H46N2O5Si/c1-25(2,3)35(9,10)32-17-19-22-23(34-27(6,7)26(4,5)33-22)21(30)20(24(31)28-8)29(19)16-18-14-12-11-13-15-18/h11-15,19-23,30H,16-17H2,1-10H3,(H,28,31)/t19-,20+,21+,22-,23-/m1/s1. The number of benzene rings is 1. The Kier molecular flexibility index (Phi) is 7.98. The number of rotatable bonds is 6. The second-order valence-corrected chi connectivity index (χ2v) is 17.3. The second kappa shape index (κ2) is 9.87. The third kappa shape index (κ3) is 5.53. The summed E-state index contributed by atoms with van der Waals surface area (Å²) < 4.78 is 20.0. The van der Waals surface area contributed by atoms with Crippen molar-refractivity contribution in [2.75, 3.05) is 13.7 Å². The monoisotopic (exact) mass is 506 g/mol. The van der Waals surface area contributed by atoms with Gasteiger partial charge in [-0.15, -0.1) is 0 Å². The van der Waals surface area contributed by atoms with Crippen molar-refractivity contribution in [3.05, 3.63) is 35.9 Å². The summed E-state index contributed by atoms with van der Waals surface area (Å²) in [5.41, 5.74) is -0.184. The molecule has 0 bridgehead atoms. The number of hydrogen-bond donors (Lipinski definition) is 2. The maximum Gasteiger partial charge on any atom is 0.239 e. The highest BCUT2D eigenvalue weighted by molar-refractivity contribution is 6.74. The Morgan fingerprint density at radius 2 is 1.63 bits per heavy atom. The predicted molar refractivity (Wildman–Crippen MR) is 141 cm³/mol. The Balaban J connectivity index is 2.07. The van der Waals surface area contributed by atoms with E-state index in [-0.39, 0.29) is 17.0 Å². The molecule has 0 spiro atoms. The third-order valence-electron chi connectivity index (χ3n) is 8.60. The van der Waals surface area contributed by atoms with E-state index in [1.807, 2.05) is 58.0 Å². The molecule has 0 saturated carbocycles. The number of carbonyl (C=O) groups is 1. The largest absolute Gasteiger partial charge is 0.415 e. The van der Waals surface area contributed by atoms with Gasteiger partial charge >= 0.3 is 0 Å². The summed E-state index contributed by atoms with van der Waals surface area (Å²) in [5, 5.41) is 14.4. The zero-order valence-electron chi connectivity index (χ0n) is 23.2. The van der Waals surface area contributed by atoms with Gasteiger partial charge in [0.05, 0.1) is 23.9 Å². The van der Waals surface area contributed by atoms with Gasteiger partial charge in [-0.3, -0.25) is 9.69 Å². The van der Waals surface area contributed by atoms with Crippen LogP contribution in [0.1, 0.15) is 54.0 Å². The first-order valence-electron chi connectivity index (χ1n) is 12.7. The Labute approximate surface area is 212 Å². The van der Waals surface area contributed by atoms with Gasteiger partial charge in [0.1, 0.15) is 24.4 Å². The van der Waals surface area contributed by atoms with Crippen molar-refractivity contribution in [1.82, 2.24) is 10.2 Å². The van der Waals surface area contributed by atoms with Crippen LogP contribution in [-0.4, -0.2) is 79.5 Å². The molecule has 1 amide bonds. The number of aliphatic hydroxyl groups is 1.